The first-order valence-electron chi connectivity index (χ1n) is 3.88. The van der Waals surface area contributed by atoms with Crippen LogP contribution in [0.3, 0.4) is 0 Å². The van der Waals surface area contributed by atoms with Crippen LogP contribution >= 0.6 is 0 Å². The lowest BCUT2D eigenvalue weighted by atomic mass is 10.4. The average Bonchev–Trinajstić information content (AvgIpc) is 2.56. The van der Waals surface area contributed by atoms with Crippen LogP contribution in [0.2, 0.25) is 0 Å². The van der Waals surface area contributed by atoms with Crippen molar-refractivity contribution in [3.63, 3.8) is 0 Å². The Labute approximate surface area is 78.0 Å². The maximum atomic E-state index is 11.5. The van der Waals surface area contributed by atoms with Crippen LogP contribution in [-0.2, 0) is 7.05 Å². The van der Waals surface area contributed by atoms with Gasteiger partial charge in [-0.05, 0) is 0 Å². The van der Waals surface area contributed by atoms with Crippen LogP contribution in [0.25, 0.3) is 5.52 Å². The molecule has 0 aliphatic rings. The Morgan fingerprint density at radius 3 is 2.86 bits per heavy atom. The van der Waals surface area contributed by atoms with Crippen LogP contribution in [0.4, 0.5) is 0 Å². The predicted molar refractivity (Wildman–Crippen MR) is 47.4 cm³/mol. The lowest BCUT2D eigenvalue weighted by Gasteiger charge is -1.95. The Bertz CT molecular complexity index is 567. The van der Waals surface area contributed by atoms with Crippen LogP contribution in [0.15, 0.2) is 23.3 Å². The molecule has 0 bridgehead atoms. The number of carboxylic acid groups (broad SMARTS) is 1. The summed E-state index contributed by atoms with van der Waals surface area (Å²) >= 11 is 0. The monoisotopic (exact) mass is 193 g/mol. The van der Waals surface area contributed by atoms with E-state index in [-0.39, 0.29) is 16.8 Å². The average molecular weight is 193 g/mol. The quantitative estimate of drug-likeness (QED) is 0.676. The van der Waals surface area contributed by atoms with Gasteiger partial charge in [-0.15, -0.1) is 0 Å². The van der Waals surface area contributed by atoms with E-state index >= 15 is 0 Å². The van der Waals surface area contributed by atoms with Crippen LogP contribution in [0.5, 0.6) is 0 Å². The first-order chi connectivity index (χ1) is 6.59. The van der Waals surface area contributed by atoms with Gasteiger partial charge in [0.25, 0.3) is 5.56 Å². The lowest BCUT2D eigenvalue weighted by molar-refractivity contribution is 0.0690. The first-order valence-corrected chi connectivity index (χ1v) is 3.88. The van der Waals surface area contributed by atoms with Crippen molar-refractivity contribution in [3.05, 3.63) is 34.5 Å². The molecule has 0 aliphatic heterocycles. The molecule has 0 saturated heterocycles. The van der Waals surface area contributed by atoms with Crippen molar-refractivity contribution in [2.24, 2.45) is 7.05 Å². The molecule has 6 heteroatoms. The Morgan fingerprint density at radius 2 is 2.21 bits per heavy atom. The summed E-state index contributed by atoms with van der Waals surface area (Å²) in [4.78, 5) is 22.1. The van der Waals surface area contributed by atoms with Gasteiger partial charge in [0.1, 0.15) is 5.52 Å². The van der Waals surface area contributed by atoms with Gasteiger partial charge in [0.2, 0.25) is 0 Å². The molecule has 0 unspecified atom stereocenters. The number of aromatic nitrogens is 3. The van der Waals surface area contributed by atoms with Crippen molar-refractivity contribution in [1.29, 1.82) is 0 Å². The van der Waals surface area contributed by atoms with Crippen molar-refractivity contribution in [3.8, 4) is 0 Å². The third-order valence-corrected chi connectivity index (χ3v) is 1.93. The van der Waals surface area contributed by atoms with E-state index in [9.17, 15) is 9.59 Å². The SMILES string of the molecule is Cn1ccn2nc(C(=O)O)cc2c1=O. The number of nitrogens with zero attached hydrogens (tertiary/aromatic N) is 3. The molecule has 72 valence electrons. The third-order valence-electron chi connectivity index (χ3n) is 1.93. The molecule has 0 saturated carbocycles. The molecule has 0 amide bonds. The summed E-state index contributed by atoms with van der Waals surface area (Å²) in [7, 11) is 1.59. The number of carboxylic acids is 1. The standard InChI is InChI=1S/C8H7N3O3/c1-10-2-3-11-6(7(10)12)4-5(9-11)8(13)14/h2-4H,1H3,(H,13,14). The van der Waals surface area contributed by atoms with E-state index < -0.39 is 5.97 Å². The molecule has 0 aromatic carbocycles. The zero-order valence-corrected chi connectivity index (χ0v) is 7.34. The second-order valence-corrected chi connectivity index (χ2v) is 2.88. The number of carbonyl (C=O) groups is 1. The van der Waals surface area contributed by atoms with Crippen LogP contribution in [-0.4, -0.2) is 25.3 Å². The van der Waals surface area contributed by atoms with Gasteiger partial charge >= 0.3 is 5.97 Å². The number of fused-ring (bicyclic) bond motifs is 1. The molecule has 2 aromatic rings. The lowest BCUT2D eigenvalue weighted by Crippen LogP contribution is -2.17. The Hall–Kier alpha value is -2.11. The second-order valence-electron chi connectivity index (χ2n) is 2.88. The maximum absolute atomic E-state index is 11.5. The van der Waals surface area contributed by atoms with Gasteiger partial charge in [-0.25, -0.2) is 9.31 Å². The zero-order valence-electron chi connectivity index (χ0n) is 7.34. The topological polar surface area (TPSA) is 76.6 Å². The summed E-state index contributed by atoms with van der Waals surface area (Å²) in [5.41, 5.74) is -0.145. The minimum absolute atomic E-state index is 0.131. The molecule has 6 nitrogen and oxygen atoms in total. The molecule has 2 aromatic heterocycles. The van der Waals surface area contributed by atoms with Gasteiger partial charge in [0.05, 0.1) is 0 Å². The molecule has 0 aliphatic carbocycles. The van der Waals surface area contributed by atoms with E-state index in [0.717, 1.165) is 0 Å². The summed E-state index contributed by atoms with van der Waals surface area (Å²) in [6.45, 7) is 0. The number of rotatable bonds is 1. The van der Waals surface area contributed by atoms with E-state index in [0.29, 0.717) is 0 Å². The van der Waals surface area contributed by atoms with Gasteiger partial charge in [-0.2, -0.15) is 5.10 Å². The van der Waals surface area contributed by atoms with Crippen molar-refractivity contribution >= 4 is 11.5 Å². The molecule has 2 heterocycles. The number of aromatic carboxylic acids is 1. The van der Waals surface area contributed by atoms with Crippen molar-refractivity contribution in [2.75, 3.05) is 0 Å². The van der Waals surface area contributed by atoms with E-state index in [1.165, 1.54) is 27.5 Å². The van der Waals surface area contributed by atoms with E-state index in [1.54, 1.807) is 7.05 Å². The summed E-state index contributed by atoms with van der Waals surface area (Å²) in [5, 5.41) is 12.4. The van der Waals surface area contributed by atoms with Gasteiger partial charge in [0.15, 0.2) is 5.69 Å². The molecule has 14 heavy (non-hydrogen) atoms. The van der Waals surface area contributed by atoms with Gasteiger partial charge < -0.3 is 9.67 Å². The highest BCUT2D eigenvalue weighted by Gasteiger charge is 2.10. The van der Waals surface area contributed by atoms with Crippen LogP contribution in [0, 0.1) is 0 Å². The minimum Gasteiger partial charge on any atom is -0.476 e. The molecule has 0 atom stereocenters. The molecular formula is C8H7N3O3. The largest absolute Gasteiger partial charge is 0.476 e. The smallest absolute Gasteiger partial charge is 0.356 e. The Morgan fingerprint density at radius 1 is 1.50 bits per heavy atom. The van der Waals surface area contributed by atoms with E-state index in [2.05, 4.69) is 5.10 Å². The molecular weight excluding hydrogens is 186 g/mol. The van der Waals surface area contributed by atoms with Gasteiger partial charge in [0, 0.05) is 25.5 Å². The zero-order chi connectivity index (χ0) is 10.3. The minimum atomic E-state index is -1.14. The number of aryl methyl sites for hydroxylation is 1. The number of hydrogen-bond acceptors (Lipinski definition) is 3. The fourth-order valence-corrected chi connectivity index (χ4v) is 1.18. The highest BCUT2D eigenvalue weighted by molar-refractivity contribution is 5.86. The van der Waals surface area contributed by atoms with Crippen molar-refractivity contribution < 1.29 is 9.90 Å². The summed E-state index contributed by atoms with van der Waals surface area (Å²) in [6, 6.07) is 1.25. The summed E-state index contributed by atoms with van der Waals surface area (Å²) in [6.07, 6.45) is 3.05. The number of hydrogen-bond donors (Lipinski definition) is 1. The second kappa shape index (κ2) is 2.69. The highest BCUT2D eigenvalue weighted by Crippen LogP contribution is 2.00. The summed E-state index contributed by atoms with van der Waals surface area (Å²) < 4.78 is 2.62. The molecule has 0 fully saturated rings. The fraction of sp³-hybridized carbons (Fsp3) is 0.125. The third kappa shape index (κ3) is 1.08. The van der Waals surface area contributed by atoms with E-state index in [4.69, 9.17) is 5.11 Å². The van der Waals surface area contributed by atoms with Gasteiger partial charge in [-0.3, -0.25) is 4.79 Å². The first kappa shape index (κ1) is 8.49. The van der Waals surface area contributed by atoms with Crippen molar-refractivity contribution in [1.82, 2.24) is 14.2 Å². The highest BCUT2D eigenvalue weighted by atomic mass is 16.4. The molecule has 1 N–H and O–H groups in total. The van der Waals surface area contributed by atoms with Crippen LogP contribution < -0.4 is 5.56 Å². The Balaban J connectivity index is 2.84. The van der Waals surface area contributed by atoms with Crippen molar-refractivity contribution in [2.45, 2.75) is 0 Å². The van der Waals surface area contributed by atoms with Crippen LogP contribution in [0.1, 0.15) is 10.5 Å². The molecule has 0 radical (unpaired) electrons. The predicted octanol–water partition coefficient (Wildman–Crippen LogP) is -0.269. The molecule has 0 spiro atoms. The fourth-order valence-electron chi connectivity index (χ4n) is 1.18. The van der Waals surface area contributed by atoms with Gasteiger partial charge in [-0.1, -0.05) is 0 Å². The normalized spacial score (nSPS) is 10.6. The Kier molecular flexibility index (Phi) is 1.63. The molecule has 2 rings (SSSR count). The maximum Gasteiger partial charge on any atom is 0.356 e. The van der Waals surface area contributed by atoms with E-state index in [1.807, 2.05) is 0 Å². The summed E-state index contributed by atoms with van der Waals surface area (Å²) in [5.74, 6) is -1.14.